The predicted octanol–water partition coefficient (Wildman–Crippen LogP) is 1.93. The average molecular weight is 263 g/mol. The molecule has 2 rings (SSSR count). The number of nitrogens with zero attached hydrogens (tertiary/aromatic N) is 2. The van der Waals surface area contributed by atoms with Crippen molar-refractivity contribution in [3.63, 3.8) is 0 Å². The number of hydrogen-bond donors (Lipinski definition) is 2. The molecule has 0 amide bonds. The van der Waals surface area contributed by atoms with Crippen LogP contribution in [0.4, 0.5) is 5.82 Å². The van der Waals surface area contributed by atoms with Gasteiger partial charge in [-0.25, -0.2) is 4.98 Å². The minimum atomic E-state index is 0.177. The van der Waals surface area contributed by atoms with Gasteiger partial charge in [0, 0.05) is 31.9 Å². The zero-order chi connectivity index (χ0) is 13.5. The zero-order valence-corrected chi connectivity index (χ0v) is 11.8. The third-order valence-electron chi connectivity index (χ3n) is 3.46. The molecular formula is C15H25N3O. The Hall–Kier alpha value is -1.13. The normalized spacial score (nSPS) is 14.6. The van der Waals surface area contributed by atoms with Gasteiger partial charge in [-0.15, -0.1) is 0 Å². The van der Waals surface area contributed by atoms with Crippen molar-refractivity contribution in [1.82, 2.24) is 10.3 Å². The summed E-state index contributed by atoms with van der Waals surface area (Å²) >= 11 is 0. The molecule has 0 spiro atoms. The fourth-order valence-electron chi connectivity index (χ4n) is 2.07. The molecule has 19 heavy (non-hydrogen) atoms. The first-order valence-electron chi connectivity index (χ1n) is 7.37. The average Bonchev–Trinajstić information content (AvgIpc) is 3.26. The van der Waals surface area contributed by atoms with Crippen LogP contribution in [0.2, 0.25) is 0 Å². The first-order valence-corrected chi connectivity index (χ1v) is 7.37. The SMILES string of the molecule is CCCCN(CCO)c1ccc(CNC2CC2)cn1. The second-order valence-electron chi connectivity index (χ2n) is 5.24. The highest BCUT2D eigenvalue weighted by molar-refractivity contribution is 5.39. The van der Waals surface area contributed by atoms with E-state index in [9.17, 15) is 0 Å². The Labute approximate surface area is 115 Å². The quantitative estimate of drug-likeness (QED) is 0.715. The monoisotopic (exact) mass is 263 g/mol. The van der Waals surface area contributed by atoms with Crippen LogP contribution in [0.5, 0.6) is 0 Å². The predicted molar refractivity (Wildman–Crippen MR) is 78.3 cm³/mol. The van der Waals surface area contributed by atoms with Crippen LogP contribution in [0.3, 0.4) is 0 Å². The molecule has 0 bridgehead atoms. The van der Waals surface area contributed by atoms with E-state index in [1.165, 1.54) is 18.4 Å². The molecule has 1 aromatic rings. The summed E-state index contributed by atoms with van der Waals surface area (Å²) in [5.41, 5.74) is 1.23. The lowest BCUT2D eigenvalue weighted by molar-refractivity contribution is 0.301. The van der Waals surface area contributed by atoms with E-state index < -0.39 is 0 Å². The van der Waals surface area contributed by atoms with Gasteiger partial charge in [0.05, 0.1) is 6.61 Å². The van der Waals surface area contributed by atoms with Gasteiger partial charge >= 0.3 is 0 Å². The molecule has 0 saturated heterocycles. The minimum Gasteiger partial charge on any atom is -0.395 e. The van der Waals surface area contributed by atoms with Crippen molar-refractivity contribution in [2.45, 2.75) is 45.2 Å². The van der Waals surface area contributed by atoms with Gasteiger partial charge in [0.15, 0.2) is 0 Å². The Kier molecular flexibility index (Phi) is 5.61. The van der Waals surface area contributed by atoms with Gasteiger partial charge in [-0.05, 0) is 30.9 Å². The van der Waals surface area contributed by atoms with Crippen molar-refractivity contribution in [2.24, 2.45) is 0 Å². The highest BCUT2D eigenvalue weighted by Crippen LogP contribution is 2.19. The first kappa shape index (κ1) is 14.3. The van der Waals surface area contributed by atoms with Crippen molar-refractivity contribution < 1.29 is 5.11 Å². The highest BCUT2D eigenvalue weighted by Gasteiger charge is 2.19. The van der Waals surface area contributed by atoms with Crippen LogP contribution in [0.1, 0.15) is 38.2 Å². The Morgan fingerprint density at radius 3 is 2.79 bits per heavy atom. The first-order chi connectivity index (χ1) is 9.33. The van der Waals surface area contributed by atoms with Gasteiger partial charge in [-0.3, -0.25) is 0 Å². The van der Waals surface area contributed by atoms with Crippen molar-refractivity contribution in [1.29, 1.82) is 0 Å². The summed E-state index contributed by atoms with van der Waals surface area (Å²) in [7, 11) is 0. The van der Waals surface area contributed by atoms with Gasteiger partial charge in [0.25, 0.3) is 0 Å². The summed E-state index contributed by atoms with van der Waals surface area (Å²) in [6.45, 7) is 4.89. The molecule has 0 radical (unpaired) electrons. The molecule has 0 unspecified atom stereocenters. The van der Waals surface area contributed by atoms with E-state index in [2.05, 4.69) is 34.3 Å². The Morgan fingerprint density at radius 2 is 2.21 bits per heavy atom. The van der Waals surface area contributed by atoms with Crippen molar-refractivity contribution in [3.05, 3.63) is 23.9 Å². The summed E-state index contributed by atoms with van der Waals surface area (Å²) in [5, 5.41) is 12.6. The fourth-order valence-corrected chi connectivity index (χ4v) is 2.07. The number of rotatable bonds is 9. The van der Waals surface area contributed by atoms with Crippen LogP contribution >= 0.6 is 0 Å². The van der Waals surface area contributed by atoms with Crippen LogP contribution in [0, 0.1) is 0 Å². The molecular weight excluding hydrogens is 238 g/mol. The van der Waals surface area contributed by atoms with Crippen LogP contribution in [0.15, 0.2) is 18.3 Å². The van der Waals surface area contributed by atoms with Gasteiger partial charge in [-0.1, -0.05) is 19.4 Å². The van der Waals surface area contributed by atoms with E-state index in [4.69, 9.17) is 5.11 Å². The maximum atomic E-state index is 9.12. The maximum absolute atomic E-state index is 9.12. The van der Waals surface area contributed by atoms with E-state index >= 15 is 0 Å². The standard InChI is InChI=1S/C15H25N3O/c1-2-3-8-18(9-10-19)15-7-4-13(12-17-15)11-16-14-5-6-14/h4,7,12,14,16,19H,2-3,5-6,8-11H2,1H3. The molecule has 1 aliphatic rings. The molecule has 1 fully saturated rings. The zero-order valence-electron chi connectivity index (χ0n) is 11.8. The number of aliphatic hydroxyl groups excluding tert-OH is 1. The minimum absolute atomic E-state index is 0.177. The molecule has 106 valence electrons. The van der Waals surface area contributed by atoms with Crippen LogP contribution in [-0.4, -0.2) is 35.8 Å². The lowest BCUT2D eigenvalue weighted by Crippen LogP contribution is -2.28. The van der Waals surface area contributed by atoms with Gasteiger partial charge < -0.3 is 15.3 Å². The summed E-state index contributed by atoms with van der Waals surface area (Å²) in [5.74, 6) is 0.970. The largest absolute Gasteiger partial charge is 0.395 e. The number of anilines is 1. The maximum Gasteiger partial charge on any atom is 0.128 e. The van der Waals surface area contributed by atoms with Crippen LogP contribution in [0.25, 0.3) is 0 Å². The smallest absolute Gasteiger partial charge is 0.128 e. The molecule has 1 heterocycles. The molecule has 1 saturated carbocycles. The number of nitrogens with one attached hydrogen (secondary N) is 1. The van der Waals surface area contributed by atoms with E-state index in [1.807, 2.05) is 6.20 Å². The van der Waals surface area contributed by atoms with E-state index in [0.717, 1.165) is 37.8 Å². The Bertz CT molecular complexity index is 362. The molecule has 0 aliphatic heterocycles. The molecule has 1 aromatic heterocycles. The number of aromatic nitrogens is 1. The Balaban J connectivity index is 1.89. The number of aliphatic hydroxyl groups is 1. The van der Waals surface area contributed by atoms with E-state index in [1.54, 1.807) is 0 Å². The molecule has 0 atom stereocenters. The second kappa shape index (κ2) is 7.46. The molecule has 1 aliphatic carbocycles. The van der Waals surface area contributed by atoms with Gasteiger partial charge in [0.1, 0.15) is 5.82 Å². The Morgan fingerprint density at radius 1 is 1.37 bits per heavy atom. The fraction of sp³-hybridized carbons (Fsp3) is 0.667. The van der Waals surface area contributed by atoms with Gasteiger partial charge in [-0.2, -0.15) is 0 Å². The third kappa shape index (κ3) is 4.80. The topological polar surface area (TPSA) is 48.4 Å². The third-order valence-corrected chi connectivity index (χ3v) is 3.46. The van der Waals surface area contributed by atoms with Crippen molar-refractivity contribution in [3.8, 4) is 0 Å². The van der Waals surface area contributed by atoms with E-state index in [0.29, 0.717) is 6.54 Å². The van der Waals surface area contributed by atoms with Crippen molar-refractivity contribution >= 4 is 5.82 Å². The number of pyridine rings is 1. The molecule has 4 nitrogen and oxygen atoms in total. The van der Waals surface area contributed by atoms with Gasteiger partial charge in [0.2, 0.25) is 0 Å². The molecule has 4 heteroatoms. The summed E-state index contributed by atoms with van der Waals surface area (Å²) in [4.78, 5) is 6.68. The number of hydrogen-bond acceptors (Lipinski definition) is 4. The van der Waals surface area contributed by atoms with E-state index in [-0.39, 0.29) is 6.61 Å². The molecule has 2 N–H and O–H groups in total. The lowest BCUT2D eigenvalue weighted by Gasteiger charge is -2.22. The lowest BCUT2D eigenvalue weighted by atomic mass is 10.2. The highest BCUT2D eigenvalue weighted by atomic mass is 16.3. The second-order valence-corrected chi connectivity index (χ2v) is 5.24. The van der Waals surface area contributed by atoms with Crippen molar-refractivity contribution in [2.75, 3.05) is 24.6 Å². The summed E-state index contributed by atoms with van der Waals surface area (Å²) < 4.78 is 0. The number of unbranched alkanes of at least 4 members (excludes halogenated alkanes) is 1. The summed E-state index contributed by atoms with van der Waals surface area (Å²) in [6.07, 6.45) is 6.86. The molecule has 0 aromatic carbocycles. The van der Waals surface area contributed by atoms with Crippen LogP contribution in [-0.2, 0) is 6.54 Å². The summed E-state index contributed by atoms with van der Waals surface area (Å²) in [6, 6.07) is 4.93. The van der Waals surface area contributed by atoms with Crippen LogP contribution < -0.4 is 10.2 Å².